The van der Waals surface area contributed by atoms with Crippen LogP contribution < -0.4 is 0 Å². The van der Waals surface area contributed by atoms with Gasteiger partial charge in [0.05, 0.1) is 0 Å². The molecule has 0 aromatic heterocycles. The number of rotatable bonds is 4. The van der Waals surface area contributed by atoms with Crippen LogP contribution in [0.2, 0.25) is 0 Å². The first-order chi connectivity index (χ1) is 18.0. The van der Waals surface area contributed by atoms with Gasteiger partial charge in [-0.15, -0.1) is 0 Å². The lowest BCUT2D eigenvalue weighted by Gasteiger charge is -2.38. The number of fused-ring (bicyclic) bond motifs is 1. The van der Waals surface area contributed by atoms with Gasteiger partial charge in [-0.3, -0.25) is 0 Å². The quantitative estimate of drug-likeness (QED) is 0.274. The van der Waals surface area contributed by atoms with Crippen molar-refractivity contribution in [3.63, 3.8) is 0 Å². The van der Waals surface area contributed by atoms with Crippen LogP contribution in [0.5, 0.6) is 0 Å². The SMILES string of the molecule is CC1(C)O[C@H]2[C@H](O1)C(c1ccccc1)(c1ccccc1)O[P+](=O)OC2(c1ccccc1)c1ccccc1. The van der Waals surface area contributed by atoms with Gasteiger partial charge in [0.2, 0.25) is 11.2 Å². The number of hydrogen-bond acceptors (Lipinski definition) is 5. The summed E-state index contributed by atoms with van der Waals surface area (Å²) >= 11 is 0. The van der Waals surface area contributed by atoms with Crippen molar-refractivity contribution in [1.82, 2.24) is 0 Å². The standard InChI is InChI=1S/C31H28O5P/c1-29(2)33-27-28(34-29)31(25-19-11-5-12-20-25,26-21-13-6-14-22-26)36-37(32)35-30(27,23-15-7-3-8-16-23)24-17-9-4-10-18-24/h3-22,27-28H,1-2H3/q+1/t27-,28-/m0/s1. The smallest absolute Gasteiger partial charge is 0.340 e. The van der Waals surface area contributed by atoms with Crippen LogP contribution in [0.3, 0.4) is 0 Å². The lowest BCUT2D eigenvalue weighted by atomic mass is 9.72. The molecule has 6 rings (SSSR count). The summed E-state index contributed by atoms with van der Waals surface area (Å²) in [6.07, 6.45) is -1.43. The first kappa shape index (κ1) is 24.2. The fraction of sp³-hybridized carbons (Fsp3) is 0.226. The molecule has 0 amide bonds. The molecule has 2 heterocycles. The van der Waals surface area contributed by atoms with E-state index in [2.05, 4.69) is 0 Å². The predicted octanol–water partition coefficient (Wildman–Crippen LogP) is 7.10. The molecule has 2 fully saturated rings. The van der Waals surface area contributed by atoms with Crippen LogP contribution in [-0.2, 0) is 34.3 Å². The molecule has 2 aliphatic heterocycles. The molecule has 0 spiro atoms. The molecule has 5 nitrogen and oxygen atoms in total. The molecule has 186 valence electrons. The highest BCUT2D eigenvalue weighted by molar-refractivity contribution is 7.33. The minimum Gasteiger partial charge on any atom is -0.340 e. The molecule has 37 heavy (non-hydrogen) atoms. The Labute approximate surface area is 217 Å². The van der Waals surface area contributed by atoms with Crippen LogP contribution in [-0.4, -0.2) is 18.0 Å². The second-order valence-electron chi connectivity index (χ2n) is 9.82. The zero-order valence-corrected chi connectivity index (χ0v) is 21.6. The second kappa shape index (κ2) is 9.29. The van der Waals surface area contributed by atoms with Crippen LogP contribution in [0.15, 0.2) is 121 Å². The van der Waals surface area contributed by atoms with E-state index in [-0.39, 0.29) is 0 Å². The number of ether oxygens (including phenoxy) is 2. The summed E-state index contributed by atoms with van der Waals surface area (Å²) in [6.45, 7) is 3.78. The molecule has 0 aliphatic carbocycles. The second-order valence-corrected chi connectivity index (χ2v) is 10.6. The Morgan fingerprint density at radius 3 is 1.05 bits per heavy atom. The topological polar surface area (TPSA) is 54.0 Å². The van der Waals surface area contributed by atoms with Crippen molar-refractivity contribution in [2.75, 3.05) is 0 Å². The van der Waals surface area contributed by atoms with Gasteiger partial charge in [0.1, 0.15) is 12.2 Å². The molecular formula is C31H28O5P+. The third-order valence-electron chi connectivity index (χ3n) is 7.15. The molecule has 0 unspecified atom stereocenters. The van der Waals surface area contributed by atoms with E-state index in [4.69, 9.17) is 18.5 Å². The highest BCUT2D eigenvalue weighted by atomic mass is 31.1. The van der Waals surface area contributed by atoms with E-state index in [1.54, 1.807) is 0 Å². The van der Waals surface area contributed by atoms with Gasteiger partial charge in [-0.25, -0.2) is 0 Å². The Hall–Kier alpha value is -3.18. The normalized spacial score (nSPS) is 23.7. The van der Waals surface area contributed by atoms with Gasteiger partial charge in [0.25, 0.3) is 0 Å². The average Bonchev–Trinajstić information content (AvgIpc) is 3.23. The highest BCUT2D eigenvalue weighted by Gasteiger charge is 2.71. The maximum Gasteiger partial charge on any atom is 0.700 e. The molecule has 2 aliphatic rings. The van der Waals surface area contributed by atoms with Crippen LogP contribution in [0, 0.1) is 0 Å². The van der Waals surface area contributed by atoms with E-state index in [9.17, 15) is 4.57 Å². The molecule has 0 N–H and O–H groups in total. The fourth-order valence-electron chi connectivity index (χ4n) is 5.66. The Kier molecular flexibility index (Phi) is 6.07. The Morgan fingerprint density at radius 2 is 0.784 bits per heavy atom. The predicted molar refractivity (Wildman–Crippen MR) is 141 cm³/mol. The maximum absolute atomic E-state index is 14.0. The van der Waals surface area contributed by atoms with Gasteiger partial charge >= 0.3 is 8.25 Å². The van der Waals surface area contributed by atoms with Crippen molar-refractivity contribution in [3.05, 3.63) is 144 Å². The summed E-state index contributed by atoms with van der Waals surface area (Å²) in [7, 11) is -2.65. The minimum absolute atomic E-state index is 0.714. The molecule has 0 radical (unpaired) electrons. The van der Waals surface area contributed by atoms with E-state index in [1.807, 2.05) is 135 Å². The van der Waals surface area contributed by atoms with E-state index in [0.717, 1.165) is 22.3 Å². The van der Waals surface area contributed by atoms with E-state index in [1.165, 1.54) is 0 Å². The molecule has 4 aromatic rings. The first-order valence-corrected chi connectivity index (χ1v) is 13.5. The first-order valence-electron chi connectivity index (χ1n) is 12.4. The molecule has 4 aromatic carbocycles. The number of benzene rings is 4. The van der Waals surface area contributed by atoms with Crippen molar-refractivity contribution < 1.29 is 23.1 Å². The van der Waals surface area contributed by atoms with Crippen molar-refractivity contribution in [3.8, 4) is 0 Å². The van der Waals surface area contributed by atoms with Crippen molar-refractivity contribution in [2.45, 2.75) is 43.0 Å². The Bertz CT molecular complexity index is 1190. The van der Waals surface area contributed by atoms with Gasteiger partial charge in [-0.05, 0) is 36.1 Å². The van der Waals surface area contributed by atoms with Crippen LogP contribution in [0.25, 0.3) is 0 Å². The van der Waals surface area contributed by atoms with Crippen molar-refractivity contribution in [1.29, 1.82) is 0 Å². The van der Waals surface area contributed by atoms with E-state index < -0.39 is 37.5 Å². The van der Waals surface area contributed by atoms with Crippen LogP contribution in [0.1, 0.15) is 36.1 Å². The summed E-state index contributed by atoms with van der Waals surface area (Å²) in [5.74, 6) is -0.964. The molecule has 2 saturated heterocycles. The van der Waals surface area contributed by atoms with Crippen LogP contribution in [0.4, 0.5) is 0 Å². The van der Waals surface area contributed by atoms with Gasteiger partial charge in [-0.2, -0.15) is 0 Å². The van der Waals surface area contributed by atoms with Gasteiger partial charge in [0.15, 0.2) is 5.79 Å². The summed E-state index contributed by atoms with van der Waals surface area (Å²) in [4.78, 5) is 0. The summed E-state index contributed by atoms with van der Waals surface area (Å²) in [6, 6.07) is 39.1. The molecule has 0 bridgehead atoms. The maximum atomic E-state index is 14.0. The lowest BCUT2D eigenvalue weighted by molar-refractivity contribution is -0.174. The van der Waals surface area contributed by atoms with E-state index >= 15 is 0 Å². The zero-order valence-electron chi connectivity index (χ0n) is 20.7. The largest absolute Gasteiger partial charge is 0.700 e. The van der Waals surface area contributed by atoms with Gasteiger partial charge in [-0.1, -0.05) is 130 Å². The highest BCUT2D eigenvalue weighted by Crippen LogP contribution is 2.61. The van der Waals surface area contributed by atoms with Crippen LogP contribution >= 0.6 is 8.25 Å². The van der Waals surface area contributed by atoms with Crippen molar-refractivity contribution in [2.24, 2.45) is 0 Å². The van der Waals surface area contributed by atoms with Gasteiger partial charge < -0.3 is 9.47 Å². The Morgan fingerprint density at radius 1 is 0.514 bits per heavy atom. The summed E-state index contributed by atoms with van der Waals surface area (Å²) in [5.41, 5.74) is 0.699. The molecule has 2 atom stereocenters. The summed E-state index contributed by atoms with van der Waals surface area (Å²) in [5, 5.41) is 0. The van der Waals surface area contributed by atoms with Gasteiger partial charge in [0, 0.05) is 4.57 Å². The minimum atomic E-state index is -2.65. The zero-order chi connectivity index (χ0) is 25.5. The average molecular weight is 512 g/mol. The monoisotopic (exact) mass is 511 g/mol. The molecule has 0 saturated carbocycles. The third kappa shape index (κ3) is 3.95. The Balaban J connectivity index is 1.69. The van der Waals surface area contributed by atoms with E-state index in [0.29, 0.717) is 0 Å². The number of hydrogen-bond donors (Lipinski definition) is 0. The summed E-state index contributed by atoms with van der Waals surface area (Å²) < 4.78 is 40.6. The third-order valence-corrected chi connectivity index (χ3v) is 8.02. The lowest BCUT2D eigenvalue weighted by Crippen LogP contribution is -2.53. The molecular weight excluding hydrogens is 483 g/mol. The van der Waals surface area contributed by atoms with Crippen molar-refractivity contribution >= 4 is 8.25 Å². The fourth-order valence-corrected chi connectivity index (χ4v) is 6.79. The molecule has 6 heteroatoms.